The van der Waals surface area contributed by atoms with Gasteiger partial charge in [-0.1, -0.05) is 31.5 Å². The molecule has 1 aromatic heterocycles. The maximum atomic E-state index is 12.9. The summed E-state index contributed by atoms with van der Waals surface area (Å²) in [6.07, 6.45) is 3.22. The number of para-hydroxylation sites is 1. The van der Waals surface area contributed by atoms with Gasteiger partial charge in [-0.25, -0.2) is 4.79 Å². The zero-order chi connectivity index (χ0) is 23.6. The molecule has 3 heterocycles. The van der Waals surface area contributed by atoms with Gasteiger partial charge in [-0.3, -0.25) is 9.48 Å². The van der Waals surface area contributed by atoms with E-state index in [1.54, 1.807) is 6.07 Å². The molecule has 1 atom stereocenters. The topological polar surface area (TPSA) is 103 Å². The number of phenolic OH excluding ortho intramolecular Hbond substituents is 1. The normalized spacial score (nSPS) is 18.3. The third kappa shape index (κ3) is 4.87. The van der Waals surface area contributed by atoms with Crippen LogP contribution in [0.4, 0.5) is 0 Å². The molecule has 1 spiro atoms. The van der Waals surface area contributed by atoms with E-state index in [2.05, 4.69) is 5.32 Å². The van der Waals surface area contributed by atoms with Gasteiger partial charge in [0.1, 0.15) is 11.3 Å². The Morgan fingerprint density at radius 1 is 1.39 bits per heavy atom. The second-order valence-electron chi connectivity index (χ2n) is 9.12. The molecule has 2 aromatic rings. The fourth-order valence-corrected chi connectivity index (χ4v) is 4.82. The van der Waals surface area contributed by atoms with E-state index in [9.17, 15) is 14.7 Å². The molecule has 4 rings (SSSR count). The van der Waals surface area contributed by atoms with Crippen molar-refractivity contribution in [2.24, 2.45) is 11.3 Å². The van der Waals surface area contributed by atoms with Crippen LogP contribution in [0.5, 0.6) is 5.75 Å². The fourth-order valence-electron chi connectivity index (χ4n) is 4.65. The smallest absolute Gasteiger partial charge is 0.341 e. The molecule has 0 aliphatic carbocycles. The lowest BCUT2D eigenvalue weighted by Gasteiger charge is -2.36. The third-order valence-electron chi connectivity index (χ3n) is 6.60. The number of hydrogen-bond acceptors (Lipinski definition) is 6. The highest BCUT2D eigenvalue weighted by molar-refractivity contribution is 6.32. The fraction of sp³-hybridized carbons (Fsp3) is 0.542. The summed E-state index contributed by atoms with van der Waals surface area (Å²) < 4.78 is 12.9. The second kappa shape index (κ2) is 9.73. The Labute approximate surface area is 198 Å². The SMILES string of the molecule is CCc1nn(C[C@@H](C)COC(=O)c2cccc(Cl)c2O)c2c1C(=O)NCC1(CCOCC1)C2. The van der Waals surface area contributed by atoms with E-state index in [1.807, 2.05) is 18.5 Å². The molecular formula is C24H30ClN3O5. The Bertz CT molecular complexity index is 1040. The average molecular weight is 476 g/mol. The molecular weight excluding hydrogens is 446 g/mol. The molecule has 0 radical (unpaired) electrons. The number of aromatic hydroxyl groups is 1. The maximum Gasteiger partial charge on any atom is 0.341 e. The van der Waals surface area contributed by atoms with Crippen LogP contribution in [0.2, 0.25) is 5.02 Å². The summed E-state index contributed by atoms with van der Waals surface area (Å²) in [7, 11) is 0. The highest BCUT2D eigenvalue weighted by atomic mass is 35.5. The molecule has 1 amide bonds. The number of aromatic nitrogens is 2. The molecule has 8 nitrogen and oxygen atoms in total. The Hall–Kier alpha value is -2.58. The number of phenols is 1. The largest absolute Gasteiger partial charge is 0.505 e. The number of amides is 1. The lowest BCUT2D eigenvalue weighted by molar-refractivity contribution is 0.0151. The van der Waals surface area contributed by atoms with E-state index in [1.165, 1.54) is 12.1 Å². The first-order valence-electron chi connectivity index (χ1n) is 11.4. The first-order chi connectivity index (χ1) is 15.8. The van der Waals surface area contributed by atoms with Crippen molar-refractivity contribution < 1.29 is 24.2 Å². The summed E-state index contributed by atoms with van der Waals surface area (Å²) in [5.41, 5.74) is 2.44. The van der Waals surface area contributed by atoms with Crippen LogP contribution in [0.3, 0.4) is 0 Å². The number of nitrogens with zero attached hydrogens (tertiary/aromatic N) is 2. The molecule has 0 unspecified atom stereocenters. The Morgan fingerprint density at radius 3 is 2.88 bits per heavy atom. The van der Waals surface area contributed by atoms with E-state index in [4.69, 9.17) is 26.2 Å². The second-order valence-corrected chi connectivity index (χ2v) is 9.52. The number of carbonyl (C=O) groups is 2. The minimum Gasteiger partial charge on any atom is -0.505 e. The number of nitrogens with one attached hydrogen (secondary N) is 1. The van der Waals surface area contributed by atoms with Crippen molar-refractivity contribution in [2.75, 3.05) is 26.4 Å². The van der Waals surface area contributed by atoms with Gasteiger partial charge in [0.15, 0.2) is 0 Å². The highest BCUT2D eigenvalue weighted by Crippen LogP contribution is 2.37. The van der Waals surface area contributed by atoms with Crippen LogP contribution in [0.15, 0.2) is 18.2 Å². The van der Waals surface area contributed by atoms with Gasteiger partial charge in [0.2, 0.25) is 0 Å². The van der Waals surface area contributed by atoms with Crippen molar-refractivity contribution >= 4 is 23.5 Å². The molecule has 2 aliphatic rings. The molecule has 0 saturated carbocycles. The third-order valence-corrected chi connectivity index (χ3v) is 6.91. The van der Waals surface area contributed by atoms with Gasteiger partial charge in [-0.2, -0.15) is 5.10 Å². The minimum absolute atomic E-state index is 0.0260. The number of aryl methyl sites for hydroxylation is 1. The van der Waals surface area contributed by atoms with Crippen molar-refractivity contribution in [3.05, 3.63) is 45.7 Å². The Kier molecular flexibility index (Phi) is 6.95. The van der Waals surface area contributed by atoms with Crippen LogP contribution in [-0.4, -0.2) is 53.1 Å². The first kappa shape index (κ1) is 23.6. The lowest BCUT2D eigenvalue weighted by Crippen LogP contribution is -2.41. The Morgan fingerprint density at radius 2 is 2.15 bits per heavy atom. The number of esters is 1. The zero-order valence-electron chi connectivity index (χ0n) is 19.0. The number of carbonyl (C=O) groups excluding carboxylic acids is 2. The number of hydrogen-bond donors (Lipinski definition) is 2. The average Bonchev–Trinajstić information content (AvgIpc) is 3.07. The van der Waals surface area contributed by atoms with Crippen LogP contribution in [-0.2, 0) is 28.9 Å². The van der Waals surface area contributed by atoms with E-state index in [-0.39, 0.29) is 40.2 Å². The van der Waals surface area contributed by atoms with Gasteiger partial charge in [0, 0.05) is 32.2 Å². The predicted octanol–water partition coefficient (Wildman–Crippen LogP) is 3.38. The van der Waals surface area contributed by atoms with Gasteiger partial charge in [0.25, 0.3) is 5.91 Å². The summed E-state index contributed by atoms with van der Waals surface area (Å²) in [4.78, 5) is 25.4. The lowest BCUT2D eigenvalue weighted by atomic mass is 9.76. The molecule has 2 N–H and O–H groups in total. The van der Waals surface area contributed by atoms with Crippen LogP contribution >= 0.6 is 11.6 Å². The van der Waals surface area contributed by atoms with Crippen LogP contribution < -0.4 is 5.32 Å². The number of halogens is 1. The predicted molar refractivity (Wildman–Crippen MR) is 123 cm³/mol. The first-order valence-corrected chi connectivity index (χ1v) is 11.8. The quantitative estimate of drug-likeness (QED) is 0.621. The maximum absolute atomic E-state index is 12.9. The zero-order valence-corrected chi connectivity index (χ0v) is 19.8. The number of ether oxygens (including phenoxy) is 2. The molecule has 178 valence electrons. The van der Waals surface area contributed by atoms with Gasteiger partial charge in [-0.05, 0) is 43.2 Å². The van der Waals surface area contributed by atoms with Crippen LogP contribution in [0.25, 0.3) is 0 Å². The van der Waals surface area contributed by atoms with Crippen LogP contribution in [0.1, 0.15) is 58.8 Å². The molecule has 2 aliphatic heterocycles. The van der Waals surface area contributed by atoms with E-state index in [0.717, 1.165) is 30.7 Å². The molecule has 0 bridgehead atoms. The number of benzene rings is 1. The number of fused-ring (bicyclic) bond motifs is 1. The van der Waals surface area contributed by atoms with Gasteiger partial charge < -0.3 is 19.9 Å². The summed E-state index contributed by atoms with van der Waals surface area (Å²) in [6.45, 7) is 6.65. The summed E-state index contributed by atoms with van der Waals surface area (Å²) in [5, 5.41) is 18.0. The Balaban J connectivity index is 1.50. The molecule has 1 saturated heterocycles. The monoisotopic (exact) mass is 475 g/mol. The van der Waals surface area contributed by atoms with Gasteiger partial charge in [0.05, 0.1) is 28.6 Å². The molecule has 33 heavy (non-hydrogen) atoms. The molecule has 1 aromatic carbocycles. The standard InChI is InChI=1S/C24H30ClN3O5/c1-3-18-20-19(11-24(14-26-22(20)30)7-9-32-10-8-24)28(27-18)12-15(2)13-33-23(31)16-5-4-6-17(25)21(16)29/h4-6,15,29H,3,7-14H2,1-2H3,(H,26,30)/t15-/m1/s1. The number of rotatable bonds is 6. The summed E-state index contributed by atoms with van der Waals surface area (Å²) in [5.74, 6) is -1.03. The minimum atomic E-state index is -0.629. The van der Waals surface area contributed by atoms with Crippen molar-refractivity contribution in [2.45, 2.75) is 46.1 Å². The van der Waals surface area contributed by atoms with Crippen LogP contribution in [0, 0.1) is 11.3 Å². The van der Waals surface area contributed by atoms with Crippen molar-refractivity contribution in [3.8, 4) is 5.75 Å². The molecule has 1 fully saturated rings. The van der Waals surface area contributed by atoms with Crippen molar-refractivity contribution in [3.63, 3.8) is 0 Å². The van der Waals surface area contributed by atoms with Gasteiger partial charge in [-0.15, -0.1) is 0 Å². The van der Waals surface area contributed by atoms with Crippen molar-refractivity contribution in [1.29, 1.82) is 0 Å². The van der Waals surface area contributed by atoms with E-state index in [0.29, 0.717) is 38.3 Å². The molecule has 9 heteroatoms. The summed E-state index contributed by atoms with van der Waals surface area (Å²) in [6, 6.07) is 4.57. The van der Waals surface area contributed by atoms with E-state index >= 15 is 0 Å². The van der Waals surface area contributed by atoms with Crippen molar-refractivity contribution in [1.82, 2.24) is 15.1 Å². The summed E-state index contributed by atoms with van der Waals surface area (Å²) >= 11 is 5.89. The van der Waals surface area contributed by atoms with Gasteiger partial charge >= 0.3 is 5.97 Å². The van der Waals surface area contributed by atoms with E-state index < -0.39 is 5.97 Å². The highest BCUT2D eigenvalue weighted by Gasteiger charge is 2.39.